The minimum absolute atomic E-state index is 0.149. The van der Waals surface area contributed by atoms with E-state index in [1.54, 1.807) is 12.1 Å². The van der Waals surface area contributed by atoms with Gasteiger partial charge in [-0.1, -0.05) is 11.6 Å². The number of nitrogens with one attached hydrogen (secondary N) is 1. The molecule has 1 aromatic rings. The first-order chi connectivity index (χ1) is 11.0. The molecule has 23 heavy (non-hydrogen) atoms. The number of hydrogen-bond acceptors (Lipinski definition) is 4. The van der Waals surface area contributed by atoms with Gasteiger partial charge in [0.2, 0.25) is 0 Å². The van der Waals surface area contributed by atoms with Crippen molar-refractivity contribution in [1.82, 2.24) is 10.2 Å². The van der Waals surface area contributed by atoms with Crippen LogP contribution >= 0.6 is 11.6 Å². The lowest BCUT2D eigenvalue weighted by molar-refractivity contribution is -0.131. The Bertz CT molecular complexity index is 704. The van der Waals surface area contributed by atoms with Gasteiger partial charge >= 0.3 is 6.03 Å². The molecule has 2 heterocycles. The van der Waals surface area contributed by atoms with Crippen LogP contribution < -0.4 is 10.1 Å². The van der Waals surface area contributed by atoms with E-state index in [1.807, 2.05) is 6.92 Å². The molecule has 3 amide bonds. The topological polar surface area (TPSA) is 67.9 Å². The third kappa shape index (κ3) is 2.37. The zero-order chi connectivity index (χ0) is 16.2. The maximum Gasteiger partial charge on any atom is 0.325 e. The van der Waals surface area contributed by atoms with Crippen LogP contribution in [0.15, 0.2) is 12.1 Å². The minimum atomic E-state index is -0.778. The summed E-state index contributed by atoms with van der Waals surface area (Å²) in [5.41, 5.74) is 0.773. The van der Waals surface area contributed by atoms with Crippen molar-refractivity contribution in [3.05, 3.63) is 28.3 Å². The molecule has 2 fully saturated rings. The Kier molecular flexibility index (Phi) is 3.28. The molecule has 6 nitrogen and oxygen atoms in total. The van der Waals surface area contributed by atoms with Gasteiger partial charge in [0.25, 0.3) is 5.91 Å². The van der Waals surface area contributed by atoms with Crippen LogP contribution in [0.3, 0.4) is 0 Å². The summed E-state index contributed by atoms with van der Waals surface area (Å²) in [5.74, 6) is 0.717. The van der Waals surface area contributed by atoms with E-state index in [0.717, 1.165) is 24.0 Å². The normalized spacial score (nSPS) is 26.8. The molecule has 1 atom stereocenters. The highest BCUT2D eigenvalue weighted by Crippen LogP contribution is 2.43. The highest BCUT2D eigenvalue weighted by Gasteiger charge is 2.56. The van der Waals surface area contributed by atoms with Crippen LogP contribution in [0.5, 0.6) is 5.75 Å². The summed E-state index contributed by atoms with van der Waals surface area (Å²) in [6, 6.07) is 3.16. The average Bonchev–Trinajstić information content (AvgIpc) is 3.33. The number of amides is 3. The quantitative estimate of drug-likeness (QED) is 0.861. The molecule has 122 valence electrons. The molecule has 7 heteroatoms. The molecule has 1 saturated carbocycles. The number of hydrogen-bond donors (Lipinski definition) is 1. The average molecular weight is 337 g/mol. The van der Waals surface area contributed by atoms with Crippen LogP contribution in [0, 0.1) is 5.92 Å². The Morgan fingerprint density at radius 2 is 2.17 bits per heavy atom. The molecule has 1 N–H and O–H groups in total. The van der Waals surface area contributed by atoms with Crippen LogP contribution in [-0.4, -0.2) is 29.2 Å². The molecular weight excluding hydrogens is 320 g/mol. The Labute approximate surface area is 138 Å². The van der Waals surface area contributed by atoms with E-state index in [-0.39, 0.29) is 31.2 Å². The standard InChI is InChI=1S/C16H17ClN2O4/c1-16(11-2-3-11)14(20)19(15(21)18-16)6-9-4-12(17)5-10-7-22-8-23-13(9)10/h4-5,11H,2-3,6-8H2,1H3,(H,18,21)/t16-/m0/s1. The lowest BCUT2D eigenvalue weighted by Crippen LogP contribution is -2.46. The van der Waals surface area contributed by atoms with Gasteiger partial charge in [0.1, 0.15) is 11.3 Å². The number of urea groups is 1. The SMILES string of the molecule is C[C@@]1(C2CC2)NC(=O)N(Cc2cc(Cl)cc3c2OCOC3)C1=O. The van der Waals surface area contributed by atoms with Gasteiger partial charge < -0.3 is 14.8 Å². The van der Waals surface area contributed by atoms with Crippen molar-refractivity contribution in [2.45, 2.75) is 38.5 Å². The highest BCUT2D eigenvalue weighted by molar-refractivity contribution is 6.30. The van der Waals surface area contributed by atoms with E-state index in [2.05, 4.69) is 5.32 Å². The van der Waals surface area contributed by atoms with Crippen LogP contribution in [0.25, 0.3) is 0 Å². The first-order valence-electron chi connectivity index (χ1n) is 7.65. The molecule has 0 spiro atoms. The van der Waals surface area contributed by atoms with Crippen LogP contribution in [0.1, 0.15) is 30.9 Å². The van der Waals surface area contributed by atoms with Crippen molar-refractivity contribution in [1.29, 1.82) is 0 Å². The Balaban J connectivity index is 1.64. The van der Waals surface area contributed by atoms with Gasteiger partial charge in [-0.3, -0.25) is 9.69 Å². The van der Waals surface area contributed by atoms with Gasteiger partial charge in [-0.25, -0.2) is 4.79 Å². The predicted octanol–water partition coefficient (Wildman–Crippen LogP) is 2.43. The molecule has 0 aromatic heterocycles. The fourth-order valence-corrected chi connectivity index (χ4v) is 3.60. The van der Waals surface area contributed by atoms with Crippen LogP contribution in [0.2, 0.25) is 5.02 Å². The number of fused-ring (bicyclic) bond motifs is 1. The molecule has 0 radical (unpaired) electrons. The third-order valence-electron chi connectivity index (χ3n) is 4.78. The van der Waals surface area contributed by atoms with Gasteiger partial charge in [-0.15, -0.1) is 0 Å². The summed E-state index contributed by atoms with van der Waals surface area (Å²) >= 11 is 6.14. The van der Waals surface area contributed by atoms with Crippen LogP contribution in [0.4, 0.5) is 4.79 Å². The monoisotopic (exact) mass is 336 g/mol. The van der Waals surface area contributed by atoms with Gasteiger partial charge in [0.05, 0.1) is 13.2 Å². The second-order valence-electron chi connectivity index (χ2n) is 6.46. The zero-order valence-corrected chi connectivity index (χ0v) is 13.5. The molecule has 0 bridgehead atoms. The van der Waals surface area contributed by atoms with E-state index < -0.39 is 5.54 Å². The lowest BCUT2D eigenvalue weighted by Gasteiger charge is -2.24. The first-order valence-corrected chi connectivity index (χ1v) is 8.03. The van der Waals surface area contributed by atoms with E-state index in [4.69, 9.17) is 21.1 Å². The molecule has 2 aliphatic heterocycles. The van der Waals surface area contributed by atoms with Crippen molar-refractivity contribution in [2.24, 2.45) is 5.92 Å². The summed E-state index contributed by atoms with van der Waals surface area (Å²) < 4.78 is 10.8. The molecule has 3 aliphatic rings. The largest absolute Gasteiger partial charge is 0.467 e. The number of nitrogens with zero attached hydrogens (tertiary/aromatic N) is 1. The lowest BCUT2D eigenvalue weighted by atomic mass is 9.96. The van der Waals surface area contributed by atoms with Crippen molar-refractivity contribution in [3.63, 3.8) is 0 Å². The van der Waals surface area contributed by atoms with Crippen molar-refractivity contribution in [3.8, 4) is 5.75 Å². The number of carbonyl (C=O) groups is 2. The summed E-state index contributed by atoms with van der Waals surface area (Å²) in [5, 5.41) is 3.38. The summed E-state index contributed by atoms with van der Waals surface area (Å²) in [7, 11) is 0. The van der Waals surface area contributed by atoms with Crippen molar-refractivity contribution >= 4 is 23.5 Å². The fraction of sp³-hybridized carbons (Fsp3) is 0.500. The van der Waals surface area contributed by atoms with Gasteiger partial charge in [-0.2, -0.15) is 0 Å². The van der Waals surface area contributed by atoms with E-state index in [1.165, 1.54) is 4.90 Å². The molecular formula is C16H17ClN2O4. The molecule has 4 rings (SSSR count). The highest BCUT2D eigenvalue weighted by atomic mass is 35.5. The van der Waals surface area contributed by atoms with E-state index in [9.17, 15) is 9.59 Å². The van der Waals surface area contributed by atoms with Gasteiger partial charge in [0.15, 0.2) is 6.79 Å². The third-order valence-corrected chi connectivity index (χ3v) is 4.99. The molecule has 1 saturated heterocycles. The Morgan fingerprint density at radius 1 is 1.39 bits per heavy atom. The van der Waals surface area contributed by atoms with Gasteiger partial charge in [0, 0.05) is 16.1 Å². The predicted molar refractivity (Wildman–Crippen MR) is 81.9 cm³/mol. The maximum absolute atomic E-state index is 12.7. The van der Waals surface area contributed by atoms with Crippen molar-refractivity contribution < 1.29 is 19.1 Å². The number of imide groups is 1. The fourth-order valence-electron chi connectivity index (χ4n) is 3.34. The summed E-state index contributed by atoms with van der Waals surface area (Å²) in [6.07, 6.45) is 1.95. The van der Waals surface area contributed by atoms with Crippen molar-refractivity contribution in [2.75, 3.05) is 6.79 Å². The molecule has 1 aromatic carbocycles. The smallest absolute Gasteiger partial charge is 0.325 e. The second kappa shape index (κ2) is 5.11. The Hall–Kier alpha value is -1.79. The molecule has 0 unspecified atom stereocenters. The minimum Gasteiger partial charge on any atom is -0.467 e. The maximum atomic E-state index is 12.7. The summed E-state index contributed by atoms with van der Waals surface area (Å²) in [4.78, 5) is 26.3. The zero-order valence-electron chi connectivity index (χ0n) is 12.7. The van der Waals surface area contributed by atoms with E-state index >= 15 is 0 Å². The first kappa shape index (κ1) is 14.8. The van der Waals surface area contributed by atoms with Gasteiger partial charge in [-0.05, 0) is 37.8 Å². The van der Waals surface area contributed by atoms with E-state index in [0.29, 0.717) is 17.4 Å². The number of ether oxygens (including phenoxy) is 2. The molecule has 1 aliphatic carbocycles. The van der Waals surface area contributed by atoms with Crippen LogP contribution in [-0.2, 0) is 22.7 Å². The number of halogens is 1. The Morgan fingerprint density at radius 3 is 2.91 bits per heavy atom. The number of rotatable bonds is 3. The number of benzene rings is 1. The number of carbonyl (C=O) groups excluding carboxylic acids is 2. The summed E-state index contributed by atoms with van der Waals surface area (Å²) in [6.45, 7) is 2.52. The second-order valence-corrected chi connectivity index (χ2v) is 6.90.